The van der Waals surface area contributed by atoms with E-state index in [4.69, 9.17) is 4.74 Å². The molecule has 0 spiro atoms. The number of hydrogen-bond donors (Lipinski definition) is 0. The lowest BCUT2D eigenvalue weighted by molar-refractivity contribution is 0.108. The highest BCUT2D eigenvalue weighted by molar-refractivity contribution is 5.82. The largest absolute Gasteiger partial charge is 0.474 e. The second-order valence-electron chi connectivity index (χ2n) is 5.71. The van der Waals surface area contributed by atoms with Gasteiger partial charge in [0, 0.05) is 6.04 Å². The highest BCUT2D eigenvalue weighted by atomic mass is 16.5. The molecule has 1 aromatic carbocycles. The number of benzene rings is 1. The van der Waals surface area contributed by atoms with Crippen LogP contribution in [0.4, 0.5) is 0 Å². The third kappa shape index (κ3) is 2.75. The summed E-state index contributed by atoms with van der Waals surface area (Å²) in [6.45, 7) is 0. The highest BCUT2D eigenvalue weighted by Gasteiger charge is 2.24. The Morgan fingerprint density at radius 2 is 1.80 bits per heavy atom. The number of aromatic nitrogens is 2. The molecule has 106 valence electrons. The summed E-state index contributed by atoms with van der Waals surface area (Å²) in [7, 11) is 4.31. The van der Waals surface area contributed by atoms with Crippen molar-refractivity contribution in [2.75, 3.05) is 14.1 Å². The van der Waals surface area contributed by atoms with Gasteiger partial charge in [-0.2, -0.15) is 0 Å². The first kappa shape index (κ1) is 13.3. The zero-order valence-corrected chi connectivity index (χ0v) is 12.1. The molecule has 4 nitrogen and oxygen atoms in total. The molecule has 1 saturated carbocycles. The van der Waals surface area contributed by atoms with E-state index in [1.54, 1.807) is 6.33 Å². The molecular formula is C16H21N3O. The Kier molecular flexibility index (Phi) is 3.83. The number of ether oxygens (including phenoxy) is 1. The van der Waals surface area contributed by atoms with Crippen molar-refractivity contribution in [1.29, 1.82) is 0 Å². The molecule has 0 atom stereocenters. The first-order valence-corrected chi connectivity index (χ1v) is 7.27. The maximum absolute atomic E-state index is 6.13. The predicted molar refractivity (Wildman–Crippen MR) is 79.9 cm³/mol. The van der Waals surface area contributed by atoms with Gasteiger partial charge in [-0.25, -0.2) is 9.97 Å². The maximum atomic E-state index is 6.13. The summed E-state index contributed by atoms with van der Waals surface area (Å²) in [5.41, 5.74) is 0.944. The number of nitrogens with zero attached hydrogens (tertiary/aromatic N) is 3. The summed E-state index contributed by atoms with van der Waals surface area (Å²) in [6.07, 6.45) is 6.46. The standard InChI is InChI=1S/C16H21N3O/c1-19(2)12-7-9-13(10-8-12)20-16-14-5-3-4-6-15(14)17-11-18-16/h3-6,11-13H,7-10H2,1-2H3. The van der Waals surface area contributed by atoms with Gasteiger partial charge in [0.15, 0.2) is 0 Å². The monoisotopic (exact) mass is 271 g/mol. The summed E-state index contributed by atoms with van der Waals surface area (Å²) < 4.78 is 6.13. The molecule has 1 heterocycles. The lowest BCUT2D eigenvalue weighted by atomic mass is 9.92. The molecule has 1 aliphatic carbocycles. The molecule has 0 amide bonds. The third-order valence-electron chi connectivity index (χ3n) is 4.16. The Balaban J connectivity index is 1.72. The van der Waals surface area contributed by atoms with E-state index in [2.05, 4.69) is 29.0 Å². The van der Waals surface area contributed by atoms with E-state index in [-0.39, 0.29) is 6.10 Å². The number of hydrogen-bond acceptors (Lipinski definition) is 4. The molecule has 1 fully saturated rings. The molecule has 0 N–H and O–H groups in total. The Morgan fingerprint density at radius 3 is 2.55 bits per heavy atom. The molecule has 0 unspecified atom stereocenters. The van der Waals surface area contributed by atoms with Crippen LogP contribution in [-0.4, -0.2) is 41.1 Å². The smallest absolute Gasteiger partial charge is 0.224 e. The SMILES string of the molecule is CN(C)C1CCC(Oc2ncnc3ccccc23)CC1. The van der Waals surface area contributed by atoms with Crippen molar-refractivity contribution in [2.24, 2.45) is 0 Å². The van der Waals surface area contributed by atoms with Gasteiger partial charge in [-0.1, -0.05) is 12.1 Å². The fourth-order valence-electron chi connectivity index (χ4n) is 2.91. The number of rotatable bonds is 3. The van der Waals surface area contributed by atoms with Gasteiger partial charge < -0.3 is 9.64 Å². The van der Waals surface area contributed by atoms with Crippen molar-refractivity contribution in [1.82, 2.24) is 14.9 Å². The molecule has 20 heavy (non-hydrogen) atoms. The fraction of sp³-hybridized carbons (Fsp3) is 0.500. The van der Waals surface area contributed by atoms with Crippen LogP contribution in [0.2, 0.25) is 0 Å². The van der Waals surface area contributed by atoms with Gasteiger partial charge in [-0.3, -0.25) is 0 Å². The van der Waals surface area contributed by atoms with Crippen LogP contribution < -0.4 is 4.74 Å². The van der Waals surface area contributed by atoms with E-state index in [1.165, 1.54) is 12.8 Å². The zero-order valence-electron chi connectivity index (χ0n) is 12.1. The van der Waals surface area contributed by atoms with Crippen LogP contribution in [0.3, 0.4) is 0 Å². The molecule has 2 aromatic rings. The van der Waals surface area contributed by atoms with E-state index in [0.717, 1.165) is 29.6 Å². The third-order valence-corrected chi connectivity index (χ3v) is 4.16. The topological polar surface area (TPSA) is 38.2 Å². The maximum Gasteiger partial charge on any atom is 0.224 e. The van der Waals surface area contributed by atoms with Gasteiger partial charge >= 0.3 is 0 Å². The Bertz CT molecular complexity index is 571. The van der Waals surface area contributed by atoms with E-state index in [1.807, 2.05) is 24.3 Å². The second-order valence-corrected chi connectivity index (χ2v) is 5.71. The summed E-state index contributed by atoms with van der Waals surface area (Å²) in [5, 5.41) is 1.00. The molecule has 0 saturated heterocycles. The van der Waals surface area contributed by atoms with Crippen LogP contribution in [0.1, 0.15) is 25.7 Å². The zero-order chi connectivity index (χ0) is 13.9. The van der Waals surface area contributed by atoms with Crippen molar-refractivity contribution < 1.29 is 4.74 Å². The van der Waals surface area contributed by atoms with Crippen molar-refractivity contribution in [3.8, 4) is 5.88 Å². The lowest BCUT2D eigenvalue weighted by Crippen LogP contribution is -2.35. The van der Waals surface area contributed by atoms with Gasteiger partial charge in [-0.05, 0) is 51.9 Å². The molecular weight excluding hydrogens is 250 g/mol. The minimum Gasteiger partial charge on any atom is -0.474 e. The van der Waals surface area contributed by atoms with Crippen molar-refractivity contribution >= 4 is 10.9 Å². The molecule has 0 bridgehead atoms. The Hall–Kier alpha value is -1.68. The van der Waals surface area contributed by atoms with Crippen LogP contribution in [-0.2, 0) is 0 Å². The predicted octanol–water partition coefficient (Wildman–Crippen LogP) is 2.88. The lowest BCUT2D eigenvalue weighted by Gasteiger charge is -2.32. The van der Waals surface area contributed by atoms with Crippen molar-refractivity contribution in [3.63, 3.8) is 0 Å². The van der Waals surface area contributed by atoms with Crippen LogP contribution in [0.5, 0.6) is 5.88 Å². The molecule has 0 aliphatic heterocycles. The van der Waals surface area contributed by atoms with Gasteiger partial charge in [0.05, 0.1) is 10.9 Å². The molecule has 4 heteroatoms. The number of fused-ring (bicyclic) bond motifs is 1. The van der Waals surface area contributed by atoms with Gasteiger partial charge in [0.25, 0.3) is 0 Å². The van der Waals surface area contributed by atoms with Gasteiger partial charge in [0.2, 0.25) is 5.88 Å². The number of para-hydroxylation sites is 1. The molecule has 0 radical (unpaired) electrons. The first-order valence-electron chi connectivity index (χ1n) is 7.27. The summed E-state index contributed by atoms with van der Waals surface area (Å²) in [4.78, 5) is 10.9. The summed E-state index contributed by atoms with van der Waals surface area (Å²) >= 11 is 0. The van der Waals surface area contributed by atoms with Crippen molar-refractivity contribution in [2.45, 2.75) is 37.8 Å². The van der Waals surface area contributed by atoms with Crippen LogP contribution >= 0.6 is 0 Å². The quantitative estimate of drug-likeness (QED) is 0.860. The average molecular weight is 271 g/mol. The molecule has 3 rings (SSSR count). The molecule has 1 aromatic heterocycles. The van der Waals surface area contributed by atoms with E-state index in [0.29, 0.717) is 6.04 Å². The van der Waals surface area contributed by atoms with Crippen LogP contribution in [0.15, 0.2) is 30.6 Å². The second kappa shape index (κ2) is 5.75. The van der Waals surface area contributed by atoms with Crippen LogP contribution in [0.25, 0.3) is 10.9 Å². The summed E-state index contributed by atoms with van der Waals surface area (Å²) in [6, 6.07) is 8.70. The van der Waals surface area contributed by atoms with Gasteiger partial charge in [0.1, 0.15) is 12.4 Å². The fourth-order valence-corrected chi connectivity index (χ4v) is 2.91. The Morgan fingerprint density at radius 1 is 1.05 bits per heavy atom. The highest BCUT2D eigenvalue weighted by Crippen LogP contribution is 2.28. The van der Waals surface area contributed by atoms with Crippen LogP contribution in [0, 0.1) is 0 Å². The van der Waals surface area contributed by atoms with Gasteiger partial charge in [-0.15, -0.1) is 0 Å². The minimum atomic E-state index is 0.282. The van der Waals surface area contributed by atoms with Crippen molar-refractivity contribution in [3.05, 3.63) is 30.6 Å². The first-order chi connectivity index (χ1) is 9.74. The normalized spacial score (nSPS) is 23.1. The molecule has 1 aliphatic rings. The van der Waals surface area contributed by atoms with E-state index in [9.17, 15) is 0 Å². The Labute approximate surface area is 119 Å². The van der Waals surface area contributed by atoms with E-state index >= 15 is 0 Å². The van der Waals surface area contributed by atoms with E-state index < -0.39 is 0 Å². The summed E-state index contributed by atoms with van der Waals surface area (Å²) in [5.74, 6) is 0.726. The average Bonchev–Trinajstić information content (AvgIpc) is 2.48. The minimum absolute atomic E-state index is 0.282.